The Bertz CT molecular complexity index is 994. The van der Waals surface area contributed by atoms with E-state index in [2.05, 4.69) is 5.32 Å². The molecule has 1 N–H and O–H groups in total. The highest BCUT2D eigenvalue weighted by molar-refractivity contribution is 7.80. The van der Waals surface area contributed by atoms with Gasteiger partial charge in [-0.3, -0.25) is 19.8 Å². The fourth-order valence-electron chi connectivity index (χ4n) is 3.24. The monoisotopic (exact) mass is 429 g/mol. The molecule has 2 saturated heterocycles. The smallest absolute Gasteiger partial charge is 0.276 e. The van der Waals surface area contributed by atoms with Crippen LogP contribution >= 0.6 is 12.2 Å². The third kappa shape index (κ3) is 4.50. The number of thiocarbonyl (C=S) groups is 1. The van der Waals surface area contributed by atoms with Gasteiger partial charge in [-0.25, -0.2) is 0 Å². The Kier molecular flexibility index (Phi) is 5.77. The van der Waals surface area contributed by atoms with E-state index < -0.39 is 4.92 Å². The van der Waals surface area contributed by atoms with E-state index in [4.69, 9.17) is 26.1 Å². The second kappa shape index (κ2) is 8.64. The molecule has 4 rings (SSSR count). The van der Waals surface area contributed by atoms with Crippen molar-refractivity contribution in [1.82, 2.24) is 10.2 Å². The van der Waals surface area contributed by atoms with E-state index in [1.54, 1.807) is 18.2 Å². The number of nitro groups is 1. The van der Waals surface area contributed by atoms with Crippen molar-refractivity contribution in [3.05, 3.63) is 63.7 Å². The molecule has 10 heteroatoms. The van der Waals surface area contributed by atoms with Crippen molar-refractivity contribution in [1.29, 1.82) is 0 Å². The molecule has 2 fully saturated rings. The Morgan fingerprint density at radius 3 is 2.80 bits per heavy atom. The van der Waals surface area contributed by atoms with Crippen molar-refractivity contribution in [3.8, 4) is 5.75 Å². The number of amides is 1. The molecule has 0 aliphatic carbocycles. The van der Waals surface area contributed by atoms with Gasteiger partial charge in [-0.2, -0.15) is 0 Å². The summed E-state index contributed by atoms with van der Waals surface area (Å²) in [5, 5.41) is 14.0. The molecule has 1 aromatic carbocycles. The number of nitro benzene ring substituents is 1. The van der Waals surface area contributed by atoms with Gasteiger partial charge in [-0.15, -0.1) is 0 Å². The number of ether oxygens (including phenoxy) is 2. The number of non-ortho nitro benzene ring substituents is 1. The summed E-state index contributed by atoms with van der Waals surface area (Å²) in [7, 11) is 0. The molecule has 1 unspecified atom stereocenters. The van der Waals surface area contributed by atoms with E-state index >= 15 is 0 Å². The molecule has 3 heterocycles. The minimum atomic E-state index is -0.470. The lowest BCUT2D eigenvalue weighted by atomic mass is 10.2. The third-order valence-electron chi connectivity index (χ3n) is 4.77. The van der Waals surface area contributed by atoms with Gasteiger partial charge in [0, 0.05) is 24.8 Å². The number of benzene rings is 1. The van der Waals surface area contributed by atoms with Crippen molar-refractivity contribution >= 4 is 35.0 Å². The summed E-state index contributed by atoms with van der Waals surface area (Å²) in [6.07, 6.45) is 3.52. The first-order valence-corrected chi connectivity index (χ1v) is 9.82. The van der Waals surface area contributed by atoms with Gasteiger partial charge in [0.1, 0.15) is 29.6 Å². The van der Waals surface area contributed by atoms with Gasteiger partial charge in [-0.05, 0) is 49.3 Å². The Morgan fingerprint density at radius 1 is 1.30 bits per heavy atom. The van der Waals surface area contributed by atoms with Crippen LogP contribution in [0.1, 0.15) is 24.4 Å². The summed E-state index contributed by atoms with van der Waals surface area (Å²) in [6.45, 7) is 1.30. The highest BCUT2D eigenvalue weighted by atomic mass is 32.1. The molecule has 2 aliphatic heterocycles. The van der Waals surface area contributed by atoms with Gasteiger partial charge in [0.2, 0.25) is 0 Å². The maximum absolute atomic E-state index is 12.6. The number of nitrogens with zero attached hydrogens (tertiary/aromatic N) is 2. The average Bonchev–Trinajstić information content (AvgIpc) is 3.46. The van der Waals surface area contributed by atoms with Crippen LogP contribution in [0.15, 0.2) is 46.5 Å². The first kappa shape index (κ1) is 20.0. The Hall–Kier alpha value is -3.24. The summed E-state index contributed by atoms with van der Waals surface area (Å²) in [5.74, 6) is 1.30. The van der Waals surface area contributed by atoms with Crippen molar-refractivity contribution in [2.45, 2.75) is 25.6 Å². The largest absolute Gasteiger partial charge is 0.486 e. The molecule has 0 spiro atoms. The Balaban J connectivity index is 1.36. The minimum Gasteiger partial charge on any atom is -0.486 e. The van der Waals surface area contributed by atoms with Gasteiger partial charge in [-0.1, -0.05) is 0 Å². The van der Waals surface area contributed by atoms with Crippen LogP contribution < -0.4 is 10.1 Å². The number of hydrogen-bond acceptors (Lipinski definition) is 7. The molecule has 1 aromatic heterocycles. The van der Waals surface area contributed by atoms with Crippen molar-refractivity contribution in [3.63, 3.8) is 0 Å². The van der Waals surface area contributed by atoms with Gasteiger partial charge >= 0.3 is 0 Å². The summed E-state index contributed by atoms with van der Waals surface area (Å²) in [4.78, 5) is 24.4. The third-order valence-corrected chi connectivity index (χ3v) is 5.09. The maximum atomic E-state index is 12.6. The standard InChI is InChI=1S/C20H19N3O6S/c24-19-18(21-20(30)22(19)11-16-2-1-9-27-16)10-15-7-8-17(29-15)12-28-14-5-3-13(4-6-14)23(25)26/h3-8,10,16H,1-2,9,11-12H2,(H,21,30)/b18-10+. The molecular weight excluding hydrogens is 410 g/mol. The number of carbonyl (C=O) groups excluding carboxylic acids is 1. The lowest BCUT2D eigenvalue weighted by molar-refractivity contribution is -0.384. The van der Waals surface area contributed by atoms with Gasteiger partial charge in [0.25, 0.3) is 11.6 Å². The van der Waals surface area contributed by atoms with Crippen LogP contribution in [-0.4, -0.2) is 40.1 Å². The van der Waals surface area contributed by atoms with Crippen LogP contribution in [0, 0.1) is 10.1 Å². The van der Waals surface area contributed by atoms with Gasteiger partial charge in [0.05, 0.1) is 17.6 Å². The number of nitrogens with one attached hydrogen (secondary N) is 1. The predicted octanol–water partition coefficient (Wildman–Crippen LogP) is 3.00. The zero-order valence-electron chi connectivity index (χ0n) is 15.9. The highest BCUT2D eigenvalue weighted by Gasteiger charge is 2.33. The van der Waals surface area contributed by atoms with Crippen LogP contribution in [-0.2, 0) is 16.1 Å². The van der Waals surface area contributed by atoms with Crippen LogP contribution in [0.3, 0.4) is 0 Å². The number of furan rings is 1. The number of hydrogen-bond donors (Lipinski definition) is 1. The summed E-state index contributed by atoms with van der Waals surface area (Å²) >= 11 is 5.28. The van der Waals surface area contributed by atoms with E-state index in [0.29, 0.717) is 41.2 Å². The fourth-order valence-corrected chi connectivity index (χ4v) is 3.51. The SMILES string of the molecule is O=C1/C(=C\c2ccc(COc3ccc([N+](=O)[O-])cc3)o2)NC(=S)N1CC1CCCO1. The number of carbonyl (C=O) groups is 1. The molecule has 0 radical (unpaired) electrons. The molecular formula is C20H19N3O6S. The molecule has 1 atom stereocenters. The lowest BCUT2D eigenvalue weighted by Crippen LogP contribution is -2.37. The number of rotatable bonds is 7. The van der Waals surface area contributed by atoms with Crippen LogP contribution in [0.25, 0.3) is 6.08 Å². The fraction of sp³-hybridized carbons (Fsp3) is 0.300. The van der Waals surface area contributed by atoms with Crippen LogP contribution in [0.5, 0.6) is 5.75 Å². The zero-order chi connectivity index (χ0) is 21.1. The maximum Gasteiger partial charge on any atom is 0.276 e. The van der Waals surface area contributed by atoms with Crippen molar-refractivity contribution < 1.29 is 23.6 Å². The molecule has 2 aliphatic rings. The van der Waals surface area contributed by atoms with Crippen molar-refractivity contribution in [2.24, 2.45) is 0 Å². The minimum absolute atomic E-state index is 0.00515. The topological polar surface area (TPSA) is 107 Å². The molecule has 9 nitrogen and oxygen atoms in total. The Labute approximate surface area is 177 Å². The zero-order valence-corrected chi connectivity index (χ0v) is 16.7. The van der Waals surface area contributed by atoms with Gasteiger partial charge < -0.3 is 19.2 Å². The van der Waals surface area contributed by atoms with E-state index in [1.807, 2.05) is 0 Å². The normalized spacial score (nSPS) is 20.1. The molecule has 0 saturated carbocycles. The van der Waals surface area contributed by atoms with Crippen LogP contribution in [0.2, 0.25) is 0 Å². The molecule has 0 bridgehead atoms. The highest BCUT2D eigenvalue weighted by Crippen LogP contribution is 2.21. The van der Waals surface area contributed by atoms with E-state index in [9.17, 15) is 14.9 Å². The lowest BCUT2D eigenvalue weighted by Gasteiger charge is -2.18. The Morgan fingerprint density at radius 2 is 2.10 bits per heavy atom. The summed E-state index contributed by atoms with van der Waals surface area (Å²) in [6, 6.07) is 9.25. The molecule has 30 heavy (non-hydrogen) atoms. The first-order chi connectivity index (χ1) is 14.5. The summed E-state index contributed by atoms with van der Waals surface area (Å²) in [5.41, 5.74) is 0.338. The van der Waals surface area contributed by atoms with Crippen molar-refractivity contribution in [2.75, 3.05) is 13.2 Å². The summed E-state index contributed by atoms with van der Waals surface area (Å²) < 4.78 is 16.9. The van der Waals surface area contributed by atoms with E-state index in [-0.39, 0.29) is 24.3 Å². The average molecular weight is 429 g/mol. The van der Waals surface area contributed by atoms with E-state index in [1.165, 1.54) is 29.2 Å². The molecule has 1 amide bonds. The second-order valence-electron chi connectivity index (χ2n) is 6.88. The van der Waals surface area contributed by atoms with Gasteiger partial charge in [0.15, 0.2) is 5.11 Å². The predicted molar refractivity (Wildman–Crippen MR) is 111 cm³/mol. The molecule has 156 valence electrons. The first-order valence-electron chi connectivity index (χ1n) is 9.42. The molecule has 2 aromatic rings. The second-order valence-corrected chi connectivity index (χ2v) is 7.27. The quantitative estimate of drug-likeness (QED) is 0.310. The van der Waals surface area contributed by atoms with Crippen LogP contribution in [0.4, 0.5) is 5.69 Å². The van der Waals surface area contributed by atoms with E-state index in [0.717, 1.165) is 12.8 Å².